The second kappa shape index (κ2) is 6.98. The number of esters is 1. The molecule has 0 bridgehead atoms. The number of amides is 1. The van der Waals surface area contributed by atoms with Gasteiger partial charge in [0.05, 0.1) is 24.6 Å². The molecule has 1 amide bonds. The van der Waals surface area contributed by atoms with Gasteiger partial charge >= 0.3 is 5.97 Å². The molecule has 6 nitrogen and oxygen atoms in total. The van der Waals surface area contributed by atoms with Crippen molar-refractivity contribution in [2.45, 2.75) is 26.2 Å². The van der Waals surface area contributed by atoms with Gasteiger partial charge in [-0.05, 0) is 31.9 Å². The summed E-state index contributed by atoms with van der Waals surface area (Å²) in [7, 11) is 0. The lowest BCUT2D eigenvalue weighted by atomic mass is 9.97. The molecule has 0 aromatic carbocycles. The fourth-order valence-electron chi connectivity index (χ4n) is 2.99. The van der Waals surface area contributed by atoms with Crippen molar-refractivity contribution < 1.29 is 18.7 Å². The summed E-state index contributed by atoms with van der Waals surface area (Å²) in [5, 5.41) is 0. The highest BCUT2D eigenvalue weighted by Crippen LogP contribution is 2.19. The molecule has 1 aliphatic heterocycles. The molecule has 2 aromatic rings. The number of fused-ring (bicyclic) bond motifs is 1. The van der Waals surface area contributed by atoms with Gasteiger partial charge in [0, 0.05) is 25.5 Å². The highest BCUT2D eigenvalue weighted by atomic mass is 19.1. The van der Waals surface area contributed by atoms with Crippen LogP contribution in [0.15, 0.2) is 24.5 Å². The average Bonchev–Trinajstić information content (AvgIpc) is 2.96. The maximum atomic E-state index is 13.2. The van der Waals surface area contributed by atoms with Crippen LogP contribution in [0.1, 0.15) is 25.5 Å². The second-order valence-electron chi connectivity index (χ2n) is 5.93. The van der Waals surface area contributed by atoms with Crippen molar-refractivity contribution in [3.05, 3.63) is 36.0 Å². The number of carbonyl (C=O) groups is 2. The first kappa shape index (κ1) is 16.4. The summed E-state index contributed by atoms with van der Waals surface area (Å²) in [6, 6.07) is 2.92. The van der Waals surface area contributed by atoms with E-state index in [1.54, 1.807) is 28.5 Å². The number of likely N-dealkylation sites (tertiary alicyclic amines) is 1. The fraction of sp³-hybridized carbons (Fsp3) is 0.471. The van der Waals surface area contributed by atoms with Crippen molar-refractivity contribution in [1.29, 1.82) is 0 Å². The predicted octanol–water partition coefficient (Wildman–Crippen LogP) is 1.82. The van der Waals surface area contributed by atoms with Gasteiger partial charge in [0.1, 0.15) is 11.5 Å². The topological polar surface area (TPSA) is 63.9 Å². The van der Waals surface area contributed by atoms with Gasteiger partial charge in [0.25, 0.3) is 0 Å². The van der Waals surface area contributed by atoms with Gasteiger partial charge in [0.15, 0.2) is 0 Å². The van der Waals surface area contributed by atoms with E-state index in [0.29, 0.717) is 43.9 Å². The molecule has 7 heteroatoms. The van der Waals surface area contributed by atoms with E-state index >= 15 is 0 Å². The second-order valence-corrected chi connectivity index (χ2v) is 5.93. The number of aromatic nitrogens is 2. The minimum Gasteiger partial charge on any atom is -0.466 e. The van der Waals surface area contributed by atoms with Crippen LogP contribution in [-0.2, 0) is 20.7 Å². The Bertz CT molecular complexity index is 751. The Kier molecular flexibility index (Phi) is 4.78. The Labute approximate surface area is 139 Å². The normalized spacial score (nSPS) is 15.7. The summed E-state index contributed by atoms with van der Waals surface area (Å²) in [6.45, 7) is 3.26. The van der Waals surface area contributed by atoms with Crippen molar-refractivity contribution in [2.24, 2.45) is 5.92 Å². The molecule has 1 fully saturated rings. The molecule has 0 aliphatic carbocycles. The van der Waals surface area contributed by atoms with Crippen LogP contribution in [-0.4, -0.2) is 45.9 Å². The molecule has 1 saturated heterocycles. The zero-order chi connectivity index (χ0) is 17.1. The van der Waals surface area contributed by atoms with Crippen LogP contribution in [0.3, 0.4) is 0 Å². The number of hydrogen-bond acceptors (Lipinski definition) is 4. The molecule has 128 valence electrons. The van der Waals surface area contributed by atoms with Crippen LogP contribution in [0.2, 0.25) is 0 Å². The van der Waals surface area contributed by atoms with E-state index in [-0.39, 0.29) is 30.0 Å². The maximum Gasteiger partial charge on any atom is 0.309 e. The quantitative estimate of drug-likeness (QED) is 0.801. The lowest BCUT2D eigenvalue weighted by Gasteiger charge is -2.30. The molecule has 3 heterocycles. The first-order valence-electron chi connectivity index (χ1n) is 8.14. The molecule has 0 unspecified atom stereocenters. The van der Waals surface area contributed by atoms with Gasteiger partial charge in [0.2, 0.25) is 5.91 Å². The van der Waals surface area contributed by atoms with E-state index in [0.717, 1.165) is 0 Å². The number of nitrogens with zero attached hydrogens (tertiary/aromatic N) is 3. The van der Waals surface area contributed by atoms with Crippen LogP contribution < -0.4 is 0 Å². The van der Waals surface area contributed by atoms with E-state index in [4.69, 9.17) is 4.74 Å². The molecule has 0 saturated carbocycles. The van der Waals surface area contributed by atoms with E-state index in [9.17, 15) is 14.0 Å². The Morgan fingerprint density at radius 3 is 2.75 bits per heavy atom. The van der Waals surface area contributed by atoms with E-state index < -0.39 is 0 Å². The first-order valence-corrected chi connectivity index (χ1v) is 8.14. The van der Waals surface area contributed by atoms with Crippen LogP contribution in [0.25, 0.3) is 5.65 Å². The van der Waals surface area contributed by atoms with Gasteiger partial charge in [-0.3, -0.25) is 9.59 Å². The number of imidazole rings is 1. The standard InChI is InChI=1S/C17H20FN3O3/c1-2-24-17(23)12-5-7-20(8-6-12)16(22)9-14-11-21-10-13(18)3-4-15(21)19-14/h3-4,10-12H,2,5-9H2,1H3. The molecule has 3 rings (SSSR count). The Morgan fingerprint density at radius 2 is 2.04 bits per heavy atom. The van der Waals surface area contributed by atoms with Gasteiger partial charge in [-0.15, -0.1) is 0 Å². The van der Waals surface area contributed by atoms with Gasteiger partial charge in [-0.25, -0.2) is 9.37 Å². The Hall–Kier alpha value is -2.44. The van der Waals surface area contributed by atoms with Crippen molar-refractivity contribution >= 4 is 17.5 Å². The number of rotatable bonds is 4. The minimum absolute atomic E-state index is 0.0267. The molecule has 0 radical (unpaired) electrons. The minimum atomic E-state index is -0.348. The van der Waals surface area contributed by atoms with Crippen molar-refractivity contribution in [3.63, 3.8) is 0 Å². The predicted molar refractivity (Wildman–Crippen MR) is 84.8 cm³/mol. The van der Waals surface area contributed by atoms with Crippen molar-refractivity contribution in [2.75, 3.05) is 19.7 Å². The maximum absolute atomic E-state index is 13.2. The van der Waals surface area contributed by atoms with Crippen molar-refractivity contribution in [3.8, 4) is 0 Å². The number of piperidine rings is 1. The summed E-state index contributed by atoms with van der Waals surface area (Å²) in [4.78, 5) is 30.2. The van der Waals surface area contributed by atoms with Crippen LogP contribution in [0.4, 0.5) is 4.39 Å². The van der Waals surface area contributed by atoms with Crippen LogP contribution >= 0.6 is 0 Å². The Morgan fingerprint density at radius 1 is 1.29 bits per heavy atom. The number of carbonyl (C=O) groups excluding carboxylic acids is 2. The fourth-order valence-corrected chi connectivity index (χ4v) is 2.99. The molecule has 1 aliphatic rings. The Balaban J connectivity index is 1.58. The molecular weight excluding hydrogens is 313 g/mol. The van der Waals surface area contributed by atoms with E-state index in [2.05, 4.69) is 4.98 Å². The van der Waals surface area contributed by atoms with Gasteiger partial charge in [-0.1, -0.05) is 0 Å². The molecule has 0 N–H and O–H groups in total. The van der Waals surface area contributed by atoms with E-state index in [1.165, 1.54) is 12.3 Å². The van der Waals surface area contributed by atoms with E-state index in [1.807, 2.05) is 0 Å². The summed E-state index contributed by atoms with van der Waals surface area (Å²) in [6.07, 6.45) is 4.43. The number of hydrogen-bond donors (Lipinski definition) is 0. The largest absolute Gasteiger partial charge is 0.466 e. The zero-order valence-electron chi connectivity index (χ0n) is 13.6. The van der Waals surface area contributed by atoms with Crippen molar-refractivity contribution in [1.82, 2.24) is 14.3 Å². The molecule has 0 atom stereocenters. The first-order chi connectivity index (χ1) is 11.6. The third-order valence-corrected chi connectivity index (χ3v) is 4.26. The lowest BCUT2D eigenvalue weighted by Crippen LogP contribution is -2.41. The summed E-state index contributed by atoms with van der Waals surface area (Å²) in [5.41, 5.74) is 1.22. The smallest absolute Gasteiger partial charge is 0.309 e. The lowest BCUT2D eigenvalue weighted by molar-refractivity contribution is -0.151. The zero-order valence-corrected chi connectivity index (χ0v) is 13.6. The van der Waals surface area contributed by atoms with Crippen LogP contribution in [0, 0.1) is 11.7 Å². The number of ether oxygens (including phenoxy) is 1. The van der Waals surface area contributed by atoms with Crippen LogP contribution in [0.5, 0.6) is 0 Å². The summed E-state index contributed by atoms with van der Waals surface area (Å²) in [5.74, 6) is -0.667. The molecular formula is C17H20FN3O3. The molecule has 0 spiro atoms. The summed E-state index contributed by atoms with van der Waals surface area (Å²) >= 11 is 0. The number of pyridine rings is 1. The van der Waals surface area contributed by atoms with Gasteiger partial charge < -0.3 is 14.0 Å². The third-order valence-electron chi connectivity index (χ3n) is 4.26. The monoisotopic (exact) mass is 333 g/mol. The third kappa shape index (κ3) is 3.55. The molecule has 24 heavy (non-hydrogen) atoms. The highest BCUT2D eigenvalue weighted by Gasteiger charge is 2.28. The highest BCUT2D eigenvalue weighted by molar-refractivity contribution is 5.79. The number of halogens is 1. The molecule has 2 aromatic heterocycles. The average molecular weight is 333 g/mol. The van der Waals surface area contributed by atoms with Gasteiger partial charge in [-0.2, -0.15) is 0 Å². The SMILES string of the molecule is CCOC(=O)C1CCN(C(=O)Cc2cn3cc(F)ccc3n2)CC1. The summed E-state index contributed by atoms with van der Waals surface area (Å²) < 4.78 is 19.8.